The summed E-state index contributed by atoms with van der Waals surface area (Å²) in [6, 6.07) is 19.6. The van der Waals surface area contributed by atoms with Crippen molar-refractivity contribution >= 4 is 34.5 Å². The summed E-state index contributed by atoms with van der Waals surface area (Å²) >= 11 is 1.45. The third-order valence-corrected chi connectivity index (χ3v) is 6.48. The van der Waals surface area contributed by atoms with E-state index in [1.807, 2.05) is 98.6 Å². The summed E-state index contributed by atoms with van der Waals surface area (Å²) in [4.78, 5) is 30.8. The molecule has 1 heterocycles. The van der Waals surface area contributed by atoms with Crippen LogP contribution in [0.3, 0.4) is 0 Å². The molecule has 0 spiro atoms. The molecule has 1 atom stereocenters. The molecule has 3 rings (SSSR count). The first-order valence-corrected chi connectivity index (χ1v) is 12.4. The number of nitrogens with one attached hydrogen (secondary N) is 1. The Kier molecular flexibility index (Phi) is 8.15. The van der Waals surface area contributed by atoms with Crippen LogP contribution in [-0.2, 0) is 11.3 Å². The third kappa shape index (κ3) is 6.70. The molecule has 0 radical (unpaired) electrons. The highest BCUT2D eigenvalue weighted by Crippen LogP contribution is 2.31. The standard InChI is InChI=1S/C28H35N3O2S/c1-20(21-11-8-7-9-12-21)31(27(33)25-13-10-16-34-25)19-22-17-23(14-15-24(22)30(5)6)29-26(32)18-28(2,3)4/h7-17,20H,18-19H2,1-6H3,(H,29,32)/t20-/m1/s1. The van der Waals surface area contributed by atoms with E-state index < -0.39 is 0 Å². The number of thiophene rings is 1. The molecule has 1 aromatic heterocycles. The maximum atomic E-state index is 13.6. The Balaban J connectivity index is 1.96. The van der Waals surface area contributed by atoms with Gasteiger partial charge in [0.05, 0.1) is 10.9 Å². The minimum absolute atomic E-state index is 0.00164. The van der Waals surface area contributed by atoms with E-state index in [2.05, 4.69) is 24.4 Å². The Bertz CT molecular complexity index is 1100. The molecule has 5 nitrogen and oxygen atoms in total. The van der Waals surface area contributed by atoms with Gasteiger partial charge in [-0.15, -0.1) is 11.3 Å². The van der Waals surface area contributed by atoms with E-state index >= 15 is 0 Å². The van der Waals surface area contributed by atoms with Gasteiger partial charge in [0.1, 0.15) is 0 Å². The minimum Gasteiger partial charge on any atom is -0.377 e. The number of benzene rings is 2. The molecule has 0 fully saturated rings. The summed E-state index contributed by atoms with van der Waals surface area (Å²) in [5.74, 6) is -0.0153. The van der Waals surface area contributed by atoms with Crippen molar-refractivity contribution in [2.75, 3.05) is 24.3 Å². The molecule has 0 saturated carbocycles. The second-order valence-electron chi connectivity index (χ2n) is 10.0. The first kappa shape index (κ1) is 25.5. The van der Waals surface area contributed by atoms with Crippen molar-refractivity contribution in [3.05, 3.63) is 82.0 Å². The van der Waals surface area contributed by atoms with Crippen LogP contribution in [0.1, 0.15) is 61.0 Å². The molecule has 0 unspecified atom stereocenters. The number of amides is 2. The molecule has 0 saturated heterocycles. The molecule has 6 heteroatoms. The van der Waals surface area contributed by atoms with Crippen LogP contribution in [0.2, 0.25) is 0 Å². The Labute approximate surface area is 207 Å². The molecule has 0 aliphatic rings. The Morgan fingerprint density at radius 3 is 2.29 bits per heavy atom. The number of carbonyl (C=O) groups is 2. The highest BCUT2D eigenvalue weighted by atomic mass is 32.1. The van der Waals surface area contributed by atoms with Crippen molar-refractivity contribution in [1.29, 1.82) is 0 Å². The van der Waals surface area contributed by atoms with E-state index in [1.165, 1.54) is 11.3 Å². The predicted molar refractivity (Wildman–Crippen MR) is 143 cm³/mol. The number of nitrogens with zero attached hydrogens (tertiary/aromatic N) is 2. The summed E-state index contributed by atoms with van der Waals surface area (Å²) in [5, 5.41) is 4.96. The summed E-state index contributed by atoms with van der Waals surface area (Å²) in [5.41, 5.74) is 3.72. The summed E-state index contributed by atoms with van der Waals surface area (Å²) in [6.07, 6.45) is 0.436. The van der Waals surface area contributed by atoms with Gasteiger partial charge < -0.3 is 15.1 Å². The molecule has 0 bridgehead atoms. The van der Waals surface area contributed by atoms with E-state index in [0.29, 0.717) is 17.8 Å². The largest absolute Gasteiger partial charge is 0.377 e. The average molecular weight is 478 g/mol. The van der Waals surface area contributed by atoms with Crippen LogP contribution in [0.15, 0.2) is 66.0 Å². The first-order chi connectivity index (χ1) is 16.0. The first-order valence-electron chi connectivity index (χ1n) is 11.5. The molecular formula is C28H35N3O2S. The minimum atomic E-state index is -0.120. The number of anilines is 2. The second-order valence-corrected chi connectivity index (χ2v) is 11.0. The van der Waals surface area contributed by atoms with Crippen molar-refractivity contribution in [2.24, 2.45) is 5.41 Å². The number of hydrogen-bond acceptors (Lipinski definition) is 4. The van der Waals surface area contributed by atoms with Gasteiger partial charge in [-0.25, -0.2) is 0 Å². The SMILES string of the molecule is C[C@H](c1ccccc1)N(Cc1cc(NC(=O)CC(C)(C)C)ccc1N(C)C)C(=O)c1cccs1. The lowest BCUT2D eigenvalue weighted by Crippen LogP contribution is -2.33. The van der Waals surface area contributed by atoms with Gasteiger partial charge in [0.15, 0.2) is 0 Å². The van der Waals surface area contributed by atoms with Gasteiger partial charge in [-0.1, -0.05) is 57.2 Å². The maximum Gasteiger partial charge on any atom is 0.264 e. The number of hydrogen-bond donors (Lipinski definition) is 1. The van der Waals surface area contributed by atoms with E-state index in [4.69, 9.17) is 0 Å². The average Bonchev–Trinajstić information content (AvgIpc) is 3.31. The zero-order valence-corrected chi connectivity index (χ0v) is 21.8. The third-order valence-electron chi connectivity index (χ3n) is 5.62. The molecule has 0 aliphatic carbocycles. The van der Waals surface area contributed by atoms with Gasteiger partial charge in [-0.2, -0.15) is 0 Å². The Hall–Kier alpha value is -3.12. The van der Waals surface area contributed by atoms with E-state index in [0.717, 1.165) is 22.5 Å². The van der Waals surface area contributed by atoms with Gasteiger partial charge in [0.25, 0.3) is 5.91 Å². The topological polar surface area (TPSA) is 52.7 Å². The molecule has 2 amide bonds. The van der Waals surface area contributed by atoms with Crippen LogP contribution in [0.5, 0.6) is 0 Å². The predicted octanol–water partition coefficient (Wildman–Crippen LogP) is 6.59. The van der Waals surface area contributed by atoms with E-state index in [9.17, 15) is 9.59 Å². The van der Waals surface area contributed by atoms with Gasteiger partial charge in [0.2, 0.25) is 5.91 Å². The highest BCUT2D eigenvalue weighted by molar-refractivity contribution is 7.12. The number of rotatable bonds is 8. The van der Waals surface area contributed by atoms with Crippen molar-refractivity contribution in [3.8, 4) is 0 Å². The van der Waals surface area contributed by atoms with Crippen LogP contribution in [0, 0.1) is 5.41 Å². The van der Waals surface area contributed by atoms with Crippen LogP contribution in [0.4, 0.5) is 11.4 Å². The van der Waals surface area contributed by atoms with E-state index in [1.54, 1.807) is 0 Å². The molecule has 1 N–H and O–H groups in total. The molecule has 3 aromatic rings. The van der Waals surface area contributed by atoms with E-state index in [-0.39, 0.29) is 23.3 Å². The number of carbonyl (C=O) groups excluding carboxylic acids is 2. The van der Waals surface area contributed by atoms with Crippen molar-refractivity contribution in [3.63, 3.8) is 0 Å². The molecule has 180 valence electrons. The Morgan fingerprint density at radius 2 is 1.71 bits per heavy atom. The van der Waals surface area contributed by atoms with Crippen molar-refractivity contribution in [2.45, 2.75) is 46.7 Å². The van der Waals surface area contributed by atoms with Crippen LogP contribution >= 0.6 is 11.3 Å². The van der Waals surface area contributed by atoms with Crippen LogP contribution in [0.25, 0.3) is 0 Å². The lowest BCUT2D eigenvalue weighted by Gasteiger charge is -2.31. The lowest BCUT2D eigenvalue weighted by atomic mass is 9.92. The molecular weight excluding hydrogens is 442 g/mol. The Morgan fingerprint density at radius 1 is 1.00 bits per heavy atom. The quantitative estimate of drug-likeness (QED) is 0.398. The fourth-order valence-corrected chi connectivity index (χ4v) is 4.61. The van der Waals surface area contributed by atoms with Crippen LogP contribution in [-0.4, -0.2) is 30.8 Å². The smallest absolute Gasteiger partial charge is 0.264 e. The summed E-state index contributed by atoms with van der Waals surface area (Å²) in [6.45, 7) is 8.62. The zero-order chi connectivity index (χ0) is 24.9. The molecule has 2 aromatic carbocycles. The second kappa shape index (κ2) is 10.9. The molecule has 0 aliphatic heterocycles. The van der Waals surface area contributed by atoms with Crippen molar-refractivity contribution in [1.82, 2.24) is 4.90 Å². The van der Waals surface area contributed by atoms with Crippen LogP contribution < -0.4 is 10.2 Å². The zero-order valence-electron chi connectivity index (χ0n) is 21.0. The summed E-state index contributed by atoms with van der Waals surface area (Å²) < 4.78 is 0. The highest BCUT2D eigenvalue weighted by Gasteiger charge is 2.25. The maximum absolute atomic E-state index is 13.6. The fourth-order valence-electron chi connectivity index (χ4n) is 3.93. The lowest BCUT2D eigenvalue weighted by molar-refractivity contribution is -0.117. The van der Waals surface area contributed by atoms with Crippen molar-refractivity contribution < 1.29 is 9.59 Å². The van der Waals surface area contributed by atoms with Gasteiger partial charge in [-0.3, -0.25) is 9.59 Å². The fraction of sp³-hybridized carbons (Fsp3) is 0.357. The molecule has 34 heavy (non-hydrogen) atoms. The van der Waals surface area contributed by atoms with Gasteiger partial charge in [-0.05, 0) is 53.1 Å². The normalized spacial score (nSPS) is 12.2. The summed E-state index contributed by atoms with van der Waals surface area (Å²) in [7, 11) is 3.98. The van der Waals surface area contributed by atoms with Gasteiger partial charge >= 0.3 is 0 Å². The van der Waals surface area contributed by atoms with Gasteiger partial charge in [0, 0.05) is 38.4 Å². The monoisotopic (exact) mass is 477 g/mol.